The van der Waals surface area contributed by atoms with Gasteiger partial charge < -0.3 is 19.5 Å². The number of hydrogen-bond donors (Lipinski definition) is 1. The van der Waals surface area contributed by atoms with Gasteiger partial charge in [-0.25, -0.2) is 14.4 Å². The molecule has 0 aromatic heterocycles. The molecule has 0 aliphatic carbocycles. The third-order valence-corrected chi connectivity index (χ3v) is 3.88. The number of likely N-dealkylation sites (N-methyl/N-ethyl adjacent to an activating group) is 1. The van der Waals surface area contributed by atoms with E-state index in [0.29, 0.717) is 0 Å². The summed E-state index contributed by atoms with van der Waals surface area (Å²) >= 11 is 0. The van der Waals surface area contributed by atoms with E-state index in [4.69, 9.17) is 14.2 Å². The summed E-state index contributed by atoms with van der Waals surface area (Å²) in [5.41, 5.74) is -1.39. The zero-order chi connectivity index (χ0) is 21.7. The van der Waals surface area contributed by atoms with Gasteiger partial charge in [-0.3, -0.25) is 9.80 Å². The third-order valence-electron chi connectivity index (χ3n) is 3.88. The lowest BCUT2D eigenvalue weighted by Gasteiger charge is -2.46. The van der Waals surface area contributed by atoms with Crippen LogP contribution in [0.3, 0.4) is 0 Å². The standard InChI is InChI=1S/C19H35N3O6/c1-9-26-15(23)14-13(12-20-8)21(16(24)27-18(2,3)4)10-11-22(14)17(25)28-19(5,6)7/h13-14,20H,9-12H2,1-8H3/t13-,14+/m0/s1. The highest BCUT2D eigenvalue weighted by Crippen LogP contribution is 2.24. The van der Waals surface area contributed by atoms with Crippen molar-refractivity contribution in [2.45, 2.75) is 71.8 Å². The molecule has 0 saturated carbocycles. The second-order valence-corrected chi connectivity index (χ2v) is 8.67. The van der Waals surface area contributed by atoms with Gasteiger partial charge in [-0.05, 0) is 55.5 Å². The van der Waals surface area contributed by atoms with Gasteiger partial charge in [0.15, 0.2) is 6.04 Å². The number of esters is 1. The average molecular weight is 402 g/mol. The summed E-state index contributed by atoms with van der Waals surface area (Å²) in [5, 5.41) is 2.98. The van der Waals surface area contributed by atoms with Gasteiger partial charge in [-0.15, -0.1) is 0 Å². The Kier molecular flexibility index (Phi) is 8.10. The van der Waals surface area contributed by atoms with Crippen molar-refractivity contribution in [3.63, 3.8) is 0 Å². The van der Waals surface area contributed by atoms with Crippen molar-refractivity contribution in [1.82, 2.24) is 15.1 Å². The van der Waals surface area contributed by atoms with Crippen LogP contribution in [-0.2, 0) is 19.0 Å². The maximum atomic E-state index is 12.7. The van der Waals surface area contributed by atoms with Gasteiger partial charge in [-0.2, -0.15) is 0 Å². The highest BCUT2D eigenvalue weighted by atomic mass is 16.6. The summed E-state index contributed by atoms with van der Waals surface area (Å²) in [6.07, 6.45) is -1.15. The molecule has 28 heavy (non-hydrogen) atoms. The molecule has 0 aromatic carbocycles. The van der Waals surface area contributed by atoms with Crippen molar-refractivity contribution in [1.29, 1.82) is 0 Å². The molecule has 9 heteroatoms. The van der Waals surface area contributed by atoms with Gasteiger partial charge in [0.05, 0.1) is 12.6 Å². The quantitative estimate of drug-likeness (QED) is 0.568. The molecule has 1 N–H and O–H groups in total. The first kappa shape index (κ1) is 24.0. The normalized spacial score (nSPS) is 20.6. The van der Waals surface area contributed by atoms with Crippen LogP contribution in [0.15, 0.2) is 0 Å². The summed E-state index contributed by atoms with van der Waals surface area (Å²) in [6, 6.07) is -1.65. The highest BCUT2D eigenvalue weighted by molar-refractivity contribution is 5.84. The summed E-state index contributed by atoms with van der Waals surface area (Å²) in [7, 11) is 1.71. The summed E-state index contributed by atoms with van der Waals surface area (Å²) < 4.78 is 16.2. The number of carbonyl (C=O) groups excluding carboxylic acids is 3. The van der Waals surface area contributed by atoms with E-state index in [1.165, 1.54) is 9.80 Å². The van der Waals surface area contributed by atoms with E-state index >= 15 is 0 Å². The Bertz CT molecular complexity index is 567. The minimum absolute atomic E-state index is 0.137. The lowest BCUT2D eigenvalue weighted by Crippen LogP contribution is -2.68. The molecule has 2 amide bonds. The largest absolute Gasteiger partial charge is 0.464 e. The number of nitrogens with one attached hydrogen (secondary N) is 1. The fourth-order valence-corrected chi connectivity index (χ4v) is 2.91. The van der Waals surface area contributed by atoms with Gasteiger partial charge >= 0.3 is 18.2 Å². The zero-order valence-corrected chi connectivity index (χ0v) is 18.3. The molecule has 2 atom stereocenters. The molecule has 1 fully saturated rings. The Hall–Kier alpha value is -2.03. The summed E-state index contributed by atoms with van der Waals surface area (Å²) in [6.45, 7) is 13.1. The molecule has 9 nitrogen and oxygen atoms in total. The predicted octanol–water partition coefficient (Wildman–Crippen LogP) is 1.99. The minimum Gasteiger partial charge on any atom is -0.464 e. The van der Waals surface area contributed by atoms with E-state index in [0.717, 1.165) is 0 Å². The molecule has 162 valence electrons. The molecule has 1 aliphatic heterocycles. The van der Waals surface area contributed by atoms with Crippen LogP contribution in [0.1, 0.15) is 48.5 Å². The lowest BCUT2D eigenvalue weighted by molar-refractivity contribution is -0.154. The third kappa shape index (κ3) is 6.85. The SMILES string of the molecule is CCOC(=O)[C@H]1[C@H](CNC)N(C(=O)OC(C)(C)C)CCN1C(=O)OC(C)(C)C. The molecule has 1 heterocycles. The summed E-state index contributed by atoms with van der Waals surface area (Å²) in [4.78, 5) is 41.0. The van der Waals surface area contributed by atoms with Crippen LogP contribution in [0.2, 0.25) is 0 Å². The Morgan fingerprint density at radius 3 is 1.82 bits per heavy atom. The Morgan fingerprint density at radius 1 is 0.929 bits per heavy atom. The molecular formula is C19H35N3O6. The number of nitrogens with zero attached hydrogens (tertiary/aromatic N) is 2. The molecule has 1 saturated heterocycles. The predicted molar refractivity (Wildman–Crippen MR) is 104 cm³/mol. The van der Waals surface area contributed by atoms with Crippen molar-refractivity contribution in [2.24, 2.45) is 0 Å². The van der Waals surface area contributed by atoms with E-state index < -0.39 is 41.4 Å². The second-order valence-electron chi connectivity index (χ2n) is 8.67. The van der Waals surface area contributed by atoms with Crippen molar-refractivity contribution in [3.8, 4) is 0 Å². The van der Waals surface area contributed by atoms with Gasteiger partial charge in [0.25, 0.3) is 0 Å². The van der Waals surface area contributed by atoms with Gasteiger partial charge in [0.1, 0.15) is 11.2 Å². The molecule has 0 aromatic rings. The smallest absolute Gasteiger partial charge is 0.411 e. The van der Waals surface area contributed by atoms with Gasteiger partial charge in [0, 0.05) is 19.6 Å². The molecule has 0 unspecified atom stereocenters. The molecule has 0 bridgehead atoms. The van der Waals surface area contributed by atoms with Gasteiger partial charge in [0.2, 0.25) is 0 Å². The van der Waals surface area contributed by atoms with E-state index in [9.17, 15) is 14.4 Å². The Labute approximate surface area is 167 Å². The zero-order valence-electron chi connectivity index (χ0n) is 18.3. The molecule has 1 rings (SSSR count). The van der Waals surface area contributed by atoms with Crippen molar-refractivity contribution in [3.05, 3.63) is 0 Å². The number of hydrogen-bond acceptors (Lipinski definition) is 7. The average Bonchev–Trinajstić information content (AvgIpc) is 2.51. The maximum Gasteiger partial charge on any atom is 0.411 e. The number of rotatable bonds is 4. The van der Waals surface area contributed by atoms with Crippen LogP contribution in [0.5, 0.6) is 0 Å². The minimum atomic E-state index is -0.997. The van der Waals surface area contributed by atoms with E-state index in [-0.39, 0.29) is 26.2 Å². The Morgan fingerprint density at radius 2 is 1.39 bits per heavy atom. The molecule has 0 spiro atoms. The van der Waals surface area contributed by atoms with Gasteiger partial charge in [-0.1, -0.05) is 0 Å². The van der Waals surface area contributed by atoms with Crippen LogP contribution in [0.4, 0.5) is 9.59 Å². The van der Waals surface area contributed by atoms with Crippen molar-refractivity contribution in [2.75, 3.05) is 33.3 Å². The first-order valence-corrected chi connectivity index (χ1v) is 9.61. The van der Waals surface area contributed by atoms with E-state index in [2.05, 4.69) is 5.32 Å². The van der Waals surface area contributed by atoms with E-state index in [1.807, 2.05) is 0 Å². The van der Waals surface area contributed by atoms with Crippen LogP contribution in [-0.4, -0.2) is 84.5 Å². The number of amides is 2. The van der Waals surface area contributed by atoms with Crippen LogP contribution in [0.25, 0.3) is 0 Å². The lowest BCUT2D eigenvalue weighted by atomic mass is 10.0. The monoisotopic (exact) mass is 401 g/mol. The molecule has 0 radical (unpaired) electrons. The highest BCUT2D eigenvalue weighted by Gasteiger charge is 2.47. The Balaban J connectivity index is 3.22. The second kappa shape index (κ2) is 9.45. The first-order valence-electron chi connectivity index (χ1n) is 9.61. The first-order chi connectivity index (χ1) is 12.8. The topological polar surface area (TPSA) is 97.4 Å². The number of piperazine rings is 1. The van der Waals surface area contributed by atoms with Crippen LogP contribution in [0, 0.1) is 0 Å². The van der Waals surface area contributed by atoms with E-state index in [1.54, 1.807) is 55.5 Å². The van der Waals surface area contributed by atoms with Crippen molar-refractivity contribution >= 4 is 18.2 Å². The number of ether oxygens (including phenoxy) is 3. The maximum absolute atomic E-state index is 12.7. The fourth-order valence-electron chi connectivity index (χ4n) is 2.91. The van der Waals surface area contributed by atoms with Crippen LogP contribution >= 0.6 is 0 Å². The van der Waals surface area contributed by atoms with Crippen LogP contribution < -0.4 is 5.32 Å². The number of carbonyl (C=O) groups is 3. The fraction of sp³-hybridized carbons (Fsp3) is 0.842. The summed E-state index contributed by atoms with van der Waals surface area (Å²) in [5.74, 6) is -0.582. The molecule has 1 aliphatic rings. The molecular weight excluding hydrogens is 366 g/mol. The van der Waals surface area contributed by atoms with Crippen molar-refractivity contribution < 1.29 is 28.6 Å².